The fraction of sp³-hybridized carbons (Fsp3) is 0.273. The average molecular weight is 211 g/mol. The molecule has 0 spiro atoms. The standard InChI is InChI=1S/C11H15ClN2/c1-3-4-8(2)14-11-6-5-9(13)7-10(11)12/h3,5-8,14H,1,4,13H2,2H3. The molecule has 0 aliphatic heterocycles. The van der Waals surface area contributed by atoms with Crippen LogP contribution in [0, 0.1) is 0 Å². The maximum Gasteiger partial charge on any atom is 0.0658 e. The van der Waals surface area contributed by atoms with Crippen LogP contribution in [0.1, 0.15) is 13.3 Å². The number of anilines is 2. The van der Waals surface area contributed by atoms with Crippen LogP contribution in [0.4, 0.5) is 11.4 Å². The van der Waals surface area contributed by atoms with Gasteiger partial charge in [-0.15, -0.1) is 6.58 Å². The Labute approximate surface area is 89.8 Å². The van der Waals surface area contributed by atoms with Crippen LogP contribution in [0.15, 0.2) is 30.9 Å². The second kappa shape index (κ2) is 4.91. The van der Waals surface area contributed by atoms with Gasteiger partial charge in [0.2, 0.25) is 0 Å². The number of nitrogens with one attached hydrogen (secondary N) is 1. The van der Waals surface area contributed by atoms with Gasteiger partial charge >= 0.3 is 0 Å². The molecule has 0 aliphatic carbocycles. The summed E-state index contributed by atoms with van der Waals surface area (Å²) in [6.07, 6.45) is 2.78. The fourth-order valence-electron chi connectivity index (χ4n) is 1.22. The van der Waals surface area contributed by atoms with Crippen LogP contribution in [-0.2, 0) is 0 Å². The molecule has 0 bridgehead atoms. The van der Waals surface area contributed by atoms with Crippen molar-refractivity contribution in [1.82, 2.24) is 0 Å². The van der Waals surface area contributed by atoms with Crippen LogP contribution >= 0.6 is 11.6 Å². The van der Waals surface area contributed by atoms with E-state index in [1.54, 1.807) is 6.07 Å². The van der Waals surface area contributed by atoms with E-state index in [0.29, 0.717) is 16.8 Å². The Morgan fingerprint density at radius 1 is 1.64 bits per heavy atom. The highest BCUT2D eigenvalue weighted by atomic mass is 35.5. The van der Waals surface area contributed by atoms with Gasteiger partial charge in [-0.3, -0.25) is 0 Å². The second-order valence-electron chi connectivity index (χ2n) is 3.31. The molecule has 0 saturated heterocycles. The molecule has 2 nitrogen and oxygen atoms in total. The number of nitrogen functional groups attached to an aromatic ring is 1. The molecule has 0 radical (unpaired) electrons. The third kappa shape index (κ3) is 2.96. The summed E-state index contributed by atoms with van der Waals surface area (Å²) in [4.78, 5) is 0. The topological polar surface area (TPSA) is 38.0 Å². The SMILES string of the molecule is C=CCC(C)Nc1ccc(N)cc1Cl. The van der Waals surface area contributed by atoms with Gasteiger partial charge in [0.25, 0.3) is 0 Å². The van der Waals surface area contributed by atoms with Crippen LogP contribution in [0.3, 0.4) is 0 Å². The minimum atomic E-state index is 0.327. The maximum absolute atomic E-state index is 6.01. The third-order valence-electron chi connectivity index (χ3n) is 1.92. The molecule has 0 amide bonds. The molecule has 3 heteroatoms. The molecule has 1 aromatic carbocycles. The van der Waals surface area contributed by atoms with E-state index in [0.717, 1.165) is 12.1 Å². The molecule has 76 valence electrons. The summed E-state index contributed by atoms with van der Waals surface area (Å²) >= 11 is 6.01. The molecule has 0 saturated carbocycles. The normalized spacial score (nSPS) is 12.1. The van der Waals surface area contributed by atoms with Gasteiger partial charge < -0.3 is 11.1 Å². The summed E-state index contributed by atoms with van der Waals surface area (Å²) in [5.41, 5.74) is 7.18. The van der Waals surface area contributed by atoms with Crippen LogP contribution in [-0.4, -0.2) is 6.04 Å². The lowest BCUT2D eigenvalue weighted by Crippen LogP contribution is -2.14. The van der Waals surface area contributed by atoms with E-state index in [4.69, 9.17) is 17.3 Å². The number of halogens is 1. The first-order chi connectivity index (χ1) is 6.63. The highest BCUT2D eigenvalue weighted by molar-refractivity contribution is 6.33. The van der Waals surface area contributed by atoms with Crippen LogP contribution in [0.5, 0.6) is 0 Å². The average Bonchev–Trinajstić information content (AvgIpc) is 2.10. The maximum atomic E-state index is 6.01. The smallest absolute Gasteiger partial charge is 0.0658 e. The Kier molecular flexibility index (Phi) is 3.84. The number of nitrogens with two attached hydrogens (primary N) is 1. The number of benzene rings is 1. The lowest BCUT2D eigenvalue weighted by atomic mass is 10.2. The van der Waals surface area contributed by atoms with Gasteiger partial charge in [-0.25, -0.2) is 0 Å². The summed E-state index contributed by atoms with van der Waals surface area (Å²) in [6, 6.07) is 5.78. The lowest BCUT2D eigenvalue weighted by Gasteiger charge is -2.14. The highest BCUT2D eigenvalue weighted by Crippen LogP contribution is 2.24. The van der Waals surface area contributed by atoms with Crippen LogP contribution in [0.25, 0.3) is 0 Å². The van der Waals surface area contributed by atoms with E-state index in [9.17, 15) is 0 Å². The third-order valence-corrected chi connectivity index (χ3v) is 2.23. The van der Waals surface area contributed by atoms with E-state index in [2.05, 4.69) is 18.8 Å². The van der Waals surface area contributed by atoms with Gasteiger partial charge in [-0.05, 0) is 31.5 Å². The van der Waals surface area contributed by atoms with Crippen molar-refractivity contribution in [3.8, 4) is 0 Å². The van der Waals surface area contributed by atoms with Gasteiger partial charge in [0.1, 0.15) is 0 Å². The lowest BCUT2D eigenvalue weighted by molar-refractivity contribution is 0.814. The highest BCUT2D eigenvalue weighted by Gasteiger charge is 2.03. The zero-order valence-electron chi connectivity index (χ0n) is 8.26. The predicted molar refractivity (Wildman–Crippen MR) is 63.8 cm³/mol. The van der Waals surface area contributed by atoms with Crippen molar-refractivity contribution in [2.75, 3.05) is 11.1 Å². The molecule has 14 heavy (non-hydrogen) atoms. The van der Waals surface area contributed by atoms with E-state index in [1.807, 2.05) is 18.2 Å². The summed E-state index contributed by atoms with van der Waals surface area (Å²) in [5, 5.41) is 3.93. The van der Waals surface area contributed by atoms with Crippen molar-refractivity contribution in [1.29, 1.82) is 0 Å². The molecule has 1 rings (SSSR count). The molecule has 0 heterocycles. The molecular weight excluding hydrogens is 196 g/mol. The quantitative estimate of drug-likeness (QED) is 0.591. The van der Waals surface area contributed by atoms with Crippen LogP contribution in [0.2, 0.25) is 5.02 Å². The molecule has 1 unspecified atom stereocenters. The first-order valence-corrected chi connectivity index (χ1v) is 4.93. The first kappa shape index (κ1) is 10.9. The summed E-state index contributed by atoms with van der Waals surface area (Å²) in [6.45, 7) is 5.76. The van der Waals surface area contributed by atoms with Gasteiger partial charge in [0, 0.05) is 11.7 Å². The van der Waals surface area contributed by atoms with Crippen molar-refractivity contribution < 1.29 is 0 Å². The Hall–Kier alpha value is -1.15. The summed E-state index contributed by atoms with van der Waals surface area (Å²) in [7, 11) is 0. The Morgan fingerprint density at radius 2 is 2.36 bits per heavy atom. The Bertz CT molecular complexity index is 323. The van der Waals surface area contributed by atoms with Gasteiger partial charge in [-0.1, -0.05) is 17.7 Å². The van der Waals surface area contributed by atoms with Crippen LogP contribution < -0.4 is 11.1 Å². The second-order valence-corrected chi connectivity index (χ2v) is 3.72. The minimum Gasteiger partial charge on any atom is -0.399 e. The summed E-state index contributed by atoms with van der Waals surface area (Å²) < 4.78 is 0. The van der Waals surface area contributed by atoms with E-state index < -0.39 is 0 Å². The molecule has 3 N–H and O–H groups in total. The Morgan fingerprint density at radius 3 is 2.93 bits per heavy atom. The van der Waals surface area contributed by atoms with Gasteiger partial charge in [0.15, 0.2) is 0 Å². The van der Waals surface area contributed by atoms with Crippen molar-refractivity contribution in [3.05, 3.63) is 35.9 Å². The molecule has 0 fully saturated rings. The molecule has 0 aliphatic rings. The summed E-state index contributed by atoms with van der Waals surface area (Å²) in [5.74, 6) is 0. The predicted octanol–water partition coefficient (Wildman–Crippen LogP) is 3.30. The number of hydrogen-bond donors (Lipinski definition) is 2. The zero-order valence-corrected chi connectivity index (χ0v) is 9.01. The van der Waals surface area contributed by atoms with Crippen molar-refractivity contribution in [2.24, 2.45) is 0 Å². The number of hydrogen-bond acceptors (Lipinski definition) is 2. The van der Waals surface area contributed by atoms with Crippen molar-refractivity contribution in [3.63, 3.8) is 0 Å². The van der Waals surface area contributed by atoms with E-state index >= 15 is 0 Å². The molecule has 1 aromatic rings. The monoisotopic (exact) mass is 210 g/mol. The minimum absolute atomic E-state index is 0.327. The van der Waals surface area contributed by atoms with E-state index in [-0.39, 0.29) is 0 Å². The van der Waals surface area contributed by atoms with Crippen molar-refractivity contribution in [2.45, 2.75) is 19.4 Å². The fourth-order valence-corrected chi connectivity index (χ4v) is 1.47. The molecule has 1 atom stereocenters. The molecular formula is C11H15ClN2. The van der Waals surface area contributed by atoms with E-state index in [1.165, 1.54) is 0 Å². The van der Waals surface area contributed by atoms with Gasteiger partial charge in [0.05, 0.1) is 10.7 Å². The number of rotatable bonds is 4. The van der Waals surface area contributed by atoms with Crippen molar-refractivity contribution >= 4 is 23.0 Å². The molecule has 0 aromatic heterocycles. The van der Waals surface area contributed by atoms with Gasteiger partial charge in [-0.2, -0.15) is 0 Å². The Balaban J connectivity index is 2.71. The first-order valence-electron chi connectivity index (χ1n) is 4.56. The largest absolute Gasteiger partial charge is 0.399 e. The zero-order chi connectivity index (χ0) is 10.6.